The number of para-hydroxylation sites is 3. The van der Waals surface area contributed by atoms with Crippen molar-refractivity contribution in [2.45, 2.75) is 0 Å². The fourth-order valence-corrected chi connectivity index (χ4v) is 15.2. The molecule has 3 aromatic rings. The zero-order chi connectivity index (χ0) is 22.5. The average Bonchev–Trinajstić information content (AvgIpc) is 2.68. The minimum atomic E-state index is -5.29. The molecule has 0 radical (unpaired) electrons. The Morgan fingerprint density at radius 1 is 0.419 bits per heavy atom. The quantitative estimate of drug-likeness (QED) is 0.404. The lowest BCUT2D eigenvalue weighted by Gasteiger charge is -2.18. The molecule has 3 aromatic carbocycles. The van der Waals surface area contributed by atoms with E-state index in [2.05, 4.69) is 0 Å². The standard InChI is InChI=1S/C18H15O9PS3/c19-29(20,25-16-10-4-1-5-11-16)28(30(21,22)26-17-12-6-2-7-13-17)31(23,24)27-18-14-8-3-9-15-18/h1-15H. The Morgan fingerprint density at radius 2 is 0.645 bits per heavy atom. The molecule has 0 unspecified atom stereocenters. The molecular formula is C18H15O9PS3. The third-order valence-corrected chi connectivity index (χ3v) is 19.5. The van der Waals surface area contributed by atoms with Crippen LogP contribution in [0.2, 0.25) is 0 Å². The summed E-state index contributed by atoms with van der Waals surface area (Å²) < 4.78 is 91.6. The molecule has 0 aliphatic rings. The minimum Gasteiger partial charge on any atom is -0.378 e. The normalized spacial score (nSPS) is 12.3. The highest BCUT2D eigenvalue weighted by molar-refractivity contribution is 9.04. The van der Waals surface area contributed by atoms with Crippen molar-refractivity contribution < 1.29 is 37.8 Å². The van der Waals surface area contributed by atoms with Crippen molar-refractivity contribution in [3.63, 3.8) is 0 Å². The van der Waals surface area contributed by atoms with E-state index in [1.54, 1.807) is 18.2 Å². The van der Waals surface area contributed by atoms with E-state index < -0.39 is 34.7 Å². The van der Waals surface area contributed by atoms with E-state index in [1.165, 1.54) is 72.8 Å². The van der Waals surface area contributed by atoms with Gasteiger partial charge in [-0.2, -0.15) is 25.3 Å². The SMILES string of the molecule is O=S(=O)(Oc1ccccc1)P(S(=O)(=O)Oc1ccccc1)S(=O)(=O)Oc1ccccc1. The van der Waals surface area contributed by atoms with Crippen molar-refractivity contribution in [1.82, 2.24) is 0 Å². The molecular weight excluding hydrogens is 487 g/mol. The van der Waals surface area contributed by atoms with Gasteiger partial charge in [0.05, 0.1) is 0 Å². The fraction of sp³-hybridized carbons (Fsp3) is 0. The van der Waals surface area contributed by atoms with Gasteiger partial charge in [-0.25, -0.2) is 0 Å². The molecule has 0 aliphatic carbocycles. The molecule has 0 spiro atoms. The van der Waals surface area contributed by atoms with Gasteiger partial charge < -0.3 is 12.5 Å². The van der Waals surface area contributed by atoms with Gasteiger partial charge in [-0.15, -0.1) is 0 Å². The lowest BCUT2D eigenvalue weighted by Crippen LogP contribution is -2.24. The molecule has 13 heteroatoms. The van der Waals surface area contributed by atoms with Crippen molar-refractivity contribution in [2.75, 3.05) is 0 Å². The van der Waals surface area contributed by atoms with Gasteiger partial charge in [-0.3, -0.25) is 0 Å². The molecule has 0 N–H and O–H groups in total. The minimum absolute atomic E-state index is 0.278. The van der Waals surface area contributed by atoms with E-state index in [0.717, 1.165) is 0 Å². The molecule has 0 fully saturated rings. The van der Waals surface area contributed by atoms with Crippen molar-refractivity contribution in [1.29, 1.82) is 0 Å². The van der Waals surface area contributed by atoms with E-state index >= 15 is 0 Å². The number of hydrogen-bond donors (Lipinski definition) is 0. The predicted octanol–water partition coefficient (Wildman–Crippen LogP) is 3.44. The van der Waals surface area contributed by atoms with Crippen LogP contribution in [0.15, 0.2) is 91.0 Å². The van der Waals surface area contributed by atoms with Crippen LogP contribution >= 0.6 is 5.53 Å². The molecule has 0 aromatic heterocycles. The summed E-state index contributed by atoms with van der Waals surface area (Å²) in [4.78, 5) is 0. The van der Waals surface area contributed by atoms with Crippen molar-refractivity contribution in [3.8, 4) is 17.2 Å². The Labute approximate surface area is 180 Å². The zero-order valence-corrected chi connectivity index (χ0v) is 18.9. The van der Waals surface area contributed by atoms with Gasteiger partial charge in [0.15, 0.2) is 0 Å². The molecule has 0 amide bonds. The lowest BCUT2D eigenvalue weighted by molar-refractivity contribution is 0.495. The smallest absolute Gasteiger partial charge is 0.378 e. The summed E-state index contributed by atoms with van der Waals surface area (Å²) in [6, 6.07) is 20.6. The summed E-state index contributed by atoms with van der Waals surface area (Å²) in [5.74, 6) is -0.834. The molecule has 31 heavy (non-hydrogen) atoms. The maximum Gasteiger partial charge on any atom is 0.389 e. The summed E-state index contributed by atoms with van der Waals surface area (Å²) in [7, 11) is -15.9. The average molecular weight is 502 g/mol. The van der Waals surface area contributed by atoms with E-state index in [4.69, 9.17) is 12.5 Å². The lowest BCUT2D eigenvalue weighted by atomic mass is 10.3. The van der Waals surface area contributed by atoms with Gasteiger partial charge in [0.1, 0.15) is 17.2 Å². The van der Waals surface area contributed by atoms with Gasteiger partial charge >= 0.3 is 34.7 Å². The van der Waals surface area contributed by atoms with Crippen LogP contribution in [0.4, 0.5) is 0 Å². The second kappa shape index (κ2) is 9.23. The largest absolute Gasteiger partial charge is 0.389 e. The zero-order valence-electron chi connectivity index (χ0n) is 15.5. The van der Waals surface area contributed by atoms with Gasteiger partial charge in [0.2, 0.25) is 0 Å². The summed E-state index contributed by atoms with van der Waals surface area (Å²) in [6.45, 7) is 0. The number of hydrogen-bond acceptors (Lipinski definition) is 9. The van der Waals surface area contributed by atoms with Crippen LogP contribution in [0.3, 0.4) is 0 Å². The van der Waals surface area contributed by atoms with E-state index in [9.17, 15) is 25.3 Å². The fourth-order valence-electron chi connectivity index (χ4n) is 2.22. The van der Waals surface area contributed by atoms with Crippen LogP contribution in [-0.4, -0.2) is 25.3 Å². The molecule has 0 heterocycles. The summed E-state index contributed by atoms with van der Waals surface area (Å²) >= 11 is 0. The van der Waals surface area contributed by atoms with E-state index in [-0.39, 0.29) is 17.2 Å². The molecule has 0 aliphatic heterocycles. The molecule has 0 saturated carbocycles. The Kier molecular flexibility index (Phi) is 6.85. The van der Waals surface area contributed by atoms with Crippen molar-refractivity contribution in [2.24, 2.45) is 0 Å². The van der Waals surface area contributed by atoms with Crippen LogP contribution in [0.25, 0.3) is 0 Å². The Morgan fingerprint density at radius 3 is 0.871 bits per heavy atom. The van der Waals surface area contributed by atoms with Crippen molar-refractivity contribution >= 4 is 34.7 Å². The Balaban J connectivity index is 2.06. The highest BCUT2D eigenvalue weighted by Gasteiger charge is 2.55. The van der Waals surface area contributed by atoms with Crippen LogP contribution < -0.4 is 12.5 Å². The number of benzene rings is 3. The summed E-state index contributed by atoms with van der Waals surface area (Å²) in [5, 5.41) is 0. The first-order valence-electron chi connectivity index (χ1n) is 8.39. The molecule has 0 bridgehead atoms. The number of rotatable bonds is 9. The first kappa shape index (κ1) is 23.0. The third-order valence-electron chi connectivity index (χ3n) is 3.38. The maximum atomic E-state index is 12.9. The Bertz CT molecular complexity index is 1160. The first-order chi connectivity index (χ1) is 14.6. The van der Waals surface area contributed by atoms with Gasteiger partial charge in [0.25, 0.3) is 0 Å². The topological polar surface area (TPSA) is 130 Å². The molecule has 0 saturated heterocycles. The Hall–Kier alpha value is -2.66. The van der Waals surface area contributed by atoms with Gasteiger partial charge in [-0.1, -0.05) is 54.6 Å². The highest BCUT2D eigenvalue weighted by Crippen LogP contribution is 2.57. The van der Waals surface area contributed by atoms with E-state index in [1.807, 2.05) is 0 Å². The molecule has 0 atom stereocenters. The molecule has 9 nitrogen and oxygen atoms in total. The van der Waals surface area contributed by atoms with Crippen LogP contribution in [-0.2, 0) is 29.2 Å². The second-order valence-electron chi connectivity index (χ2n) is 5.70. The van der Waals surface area contributed by atoms with Crippen LogP contribution in [0, 0.1) is 0 Å². The predicted molar refractivity (Wildman–Crippen MR) is 115 cm³/mol. The molecule has 164 valence electrons. The summed E-state index contributed by atoms with van der Waals surface area (Å²) in [5.41, 5.74) is -4.11. The van der Waals surface area contributed by atoms with E-state index in [0.29, 0.717) is 0 Å². The van der Waals surface area contributed by atoms with Crippen molar-refractivity contribution in [3.05, 3.63) is 91.0 Å². The van der Waals surface area contributed by atoms with Crippen LogP contribution in [0.1, 0.15) is 0 Å². The monoisotopic (exact) mass is 502 g/mol. The van der Waals surface area contributed by atoms with Crippen LogP contribution in [0.5, 0.6) is 17.2 Å². The molecule has 3 rings (SSSR count). The first-order valence-corrected chi connectivity index (χ1v) is 15.8. The highest BCUT2D eigenvalue weighted by atomic mass is 33.4. The van der Waals surface area contributed by atoms with Gasteiger partial charge in [0, 0.05) is 0 Å². The third kappa shape index (κ3) is 5.95. The maximum absolute atomic E-state index is 12.9. The summed E-state index contributed by atoms with van der Waals surface area (Å²) in [6.07, 6.45) is 0. The van der Waals surface area contributed by atoms with Gasteiger partial charge in [-0.05, 0) is 36.4 Å². The second-order valence-corrected chi connectivity index (χ2v) is 18.6.